The number of ketones is 1. The molecule has 3 fully saturated rings. The van der Waals surface area contributed by atoms with Crippen LogP contribution < -0.4 is 5.32 Å². The SMILES string of the molecule is COC(C(=O)OC1CC2(O)C(OC(=O)c3ccccc3)C3C4(O)COC4CC(OC)C3(C)C(=O)C(O)C(=C1C)C2(C)C)C(NC(=O)c1ccccc1)c1ccccc1.[Ac].[Ac]. The Morgan fingerprint density at radius 2 is 1.42 bits per heavy atom. The van der Waals surface area contributed by atoms with E-state index < -0.39 is 94.2 Å². The molecule has 11 atom stereocenters. The number of carbonyl (C=O) groups excluding carboxylic acids is 4. The standard InChI is InChI=1S/C45H51NO12.2Ac/c1-25-29(57-41(51)35(55-6)33(26-16-10-7-11-17-26)46-39(49)27-18-12-8-13-19-27)23-45(53)38(58-40(50)28-20-14-9-15-21-28)36-43(4,37(48)34(47)32(25)42(45,2)3)30(54-5)22-31-44(36,52)24-56-31;;/h7-21,29-31,33-36,38,47,52-53H,22-24H2,1-6H3,(H,46,49);;. The second kappa shape index (κ2) is 19.1. The van der Waals surface area contributed by atoms with E-state index in [-0.39, 0.29) is 119 Å². The van der Waals surface area contributed by atoms with Crippen LogP contribution >= 0.6 is 0 Å². The maximum Gasteiger partial charge on any atom is 0.338 e. The van der Waals surface area contributed by atoms with Crippen LogP contribution in [0.4, 0.5) is 0 Å². The zero-order valence-electron chi connectivity index (χ0n) is 34.6. The van der Waals surface area contributed by atoms with E-state index in [0.717, 1.165) is 0 Å². The number of nitrogens with one attached hydrogen (secondary N) is 1. The molecule has 2 bridgehead atoms. The van der Waals surface area contributed by atoms with Crippen molar-refractivity contribution in [2.75, 3.05) is 20.8 Å². The summed E-state index contributed by atoms with van der Waals surface area (Å²) in [7, 11) is 2.72. The fourth-order valence-corrected chi connectivity index (χ4v) is 10.1. The number of rotatable bonds is 10. The van der Waals surface area contributed by atoms with Gasteiger partial charge in [0.2, 0.25) is 0 Å². The molecule has 314 valence electrons. The van der Waals surface area contributed by atoms with E-state index in [2.05, 4.69) is 5.32 Å². The third-order valence-corrected chi connectivity index (χ3v) is 13.4. The number of methoxy groups -OCH3 is 2. The van der Waals surface area contributed by atoms with Gasteiger partial charge in [0.15, 0.2) is 11.9 Å². The number of benzene rings is 3. The van der Waals surface area contributed by atoms with Gasteiger partial charge in [0.05, 0.1) is 35.8 Å². The zero-order chi connectivity index (χ0) is 41.8. The number of amides is 1. The van der Waals surface area contributed by atoms with Crippen molar-refractivity contribution in [3.8, 4) is 0 Å². The molecule has 11 unspecified atom stereocenters. The molecule has 1 aliphatic heterocycles. The van der Waals surface area contributed by atoms with Gasteiger partial charge in [0.1, 0.15) is 29.5 Å². The van der Waals surface area contributed by atoms with Crippen molar-refractivity contribution >= 4 is 23.6 Å². The summed E-state index contributed by atoms with van der Waals surface area (Å²) in [5.41, 5.74) is -5.82. The second-order valence-electron chi connectivity index (χ2n) is 16.6. The Morgan fingerprint density at radius 3 is 1.95 bits per heavy atom. The van der Waals surface area contributed by atoms with E-state index in [4.69, 9.17) is 23.7 Å². The van der Waals surface area contributed by atoms with E-state index in [0.29, 0.717) is 16.7 Å². The molecule has 4 N–H and O–H groups in total. The predicted octanol–water partition coefficient (Wildman–Crippen LogP) is 3.90. The van der Waals surface area contributed by atoms with Crippen molar-refractivity contribution in [3.63, 3.8) is 0 Å². The first-order valence-corrected chi connectivity index (χ1v) is 19.5. The van der Waals surface area contributed by atoms with Crippen molar-refractivity contribution in [2.45, 2.75) is 94.4 Å². The normalized spacial score (nSPS) is 32.4. The fourth-order valence-electron chi connectivity index (χ4n) is 10.1. The maximum absolute atomic E-state index is 15.0. The molecule has 2 saturated carbocycles. The molecular weight excluding hydrogens is 1200 g/mol. The van der Waals surface area contributed by atoms with Gasteiger partial charge in [-0.15, -0.1) is 0 Å². The summed E-state index contributed by atoms with van der Waals surface area (Å²) in [5.74, 6) is -4.30. The quantitative estimate of drug-likeness (QED) is 0.170. The average molecular weight is 1250 g/mol. The van der Waals surface area contributed by atoms with Crippen molar-refractivity contribution < 1.29 is 146 Å². The molecule has 3 aliphatic carbocycles. The molecule has 0 aromatic heterocycles. The van der Waals surface area contributed by atoms with E-state index in [1.807, 2.05) is 0 Å². The Hall–Kier alpha value is -1.88. The van der Waals surface area contributed by atoms with Gasteiger partial charge >= 0.3 is 11.9 Å². The van der Waals surface area contributed by atoms with Gasteiger partial charge in [-0.1, -0.05) is 80.6 Å². The Balaban J connectivity index is 0.00000341. The number of hydrogen-bond donors (Lipinski definition) is 4. The molecule has 60 heavy (non-hydrogen) atoms. The third kappa shape index (κ3) is 8.21. The number of carbonyl (C=O) groups is 4. The van der Waals surface area contributed by atoms with Gasteiger partial charge in [-0.25, -0.2) is 9.59 Å². The number of aliphatic hydroxyl groups excluding tert-OH is 1. The van der Waals surface area contributed by atoms with Crippen LogP contribution in [-0.4, -0.2) is 108 Å². The summed E-state index contributed by atoms with van der Waals surface area (Å²) in [4.78, 5) is 57.1. The van der Waals surface area contributed by atoms with Crippen LogP contribution in [-0.2, 0) is 33.3 Å². The Bertz CT molecular complexity index is 2090. The summed E-state index contributed by atoms with van der Waals surface area (Å²) in [6.45, 7) is 6.20. The topological polar surface area (TPSA) is 187 Å². The van der Waals surface area contributed by atoms with Crippen LogP contribution in [0, 0.1) is 105 Å². The van der Waals surface area contributed by atoms with Crippen LogP contribution in [0.1, 0.15) is 72.9 Å². The summed E-state index contributed by atoms with van der Waals surface area (Å²) in [5, 5.41) is 41.1. The Morgan fingerprint density at radius 1 is 0.850 bits per heavy atom. The van der Waals surface area contributed by atoms with Crippen molar-refractivity contribution in [1.29, 1.82) is 0 Å². The smallest absolute Gasteiger partial charge is 0.338 e. The second-order valence-corrected chi connectivity index (χ2v) is 16.6. The molecule has 1 amide bonds. The van der Waals surface area contributed by atoms with Gasteiger partial charge in [-0.3, -0.25) is 9.59 Å². The van der Waals surface area contributed by atoms with Gasteiger partial charge in [0.25, 0.3) is 5.91 Å². The predicted molar refractivity (Wildman–Crippen MR) is 208 cm³/mol. The van der Waals surface area contributed by atoms with Crippen LogP contribution in [0.5, 0.6) is 0 Å². The molecule has 2 radical (unpaired) electrons. The molecule has 1 saturated heterocycles. The largest absolute Gasteiger partial charge is 0.456 e. The van der Waals surface area contributed by atoms with Crippen molar-refractivity contribution in [3.05, 3.63) is 119 Å². The monoisotopic (exact) mass is 1250 g/mol. The zero-order valence-corrected chi connectivity index (χ0v) is 44.1. The molecule has 3 aromatic carbocycles. The van der Waals surface area contributed by atoms with Crippen LogP contribution in [0.2, 0.25) is 0 Å². The summed E-state index contributed by atoms with van der Waals surface area (Å²) >= 11 is 0. The first-order valence-electron chi connectivity index (χ1n) is 19.5. The molecule has 3 aromatic rings. The van der Waals surface area contributed by atoms with Gasteiger partial charge in [-0.05, 0) is 54.8 Å². The summed E-state index contributed by atoms with van der Waals surface area (Å²) in [6.07, 6.45) is -8.29. The molecule has 0 spiro atoms. The molecule has 13 nitrogen and oxygen atoms in total. The minimum absolute atomic E-state index is 0. The van der Waals surface area contributed by atoms with Crippen LogP contribution in [0.25, 0.3) is 0 Å². The first-order chi connectivity index (χ1) is 27.5. The third-order valence-electron chi connectivity index (χ3n) is 13.4. The summed E-state index contributed by atoms with van der Waals surface area (Å²) in [6, 6.07) is 24.3. The molecule has 4 aliphatic rings. The number of ether oxygens (including phenoxy) is 5. The number of hydrogen-bond acceptors (Lipinski definition) is 12. The maximum atomic E-state index is 15.0. The van der Waals surface area contributed by atoms with Crippen LogP contribution in [0.3, 0.4) is 0 Å². The number of esters is 2. The Kier molecular flexibility index (Phi) is 15.6. The van der Waals surface area contributed by atoms with Crippen molar-refractivity contribution in [1.82, 2.24) is 5.32 Å². The minimum Gasteiger partial charge on any atom is -0.456 e. The molecular formula is C45H51Ac2NO12. The van der Waals surface area contributed by atoms with Crippen LogP contribution in [0.15, 0.2) is 102 Å². The first kappa shape index (κ1) is 49.1. The van der Waals surface area contributed by atoms with Gasteiger partial charge in [0, 0.05) is 132 Å². The van der Waals surface area contributed by atoms with Crippen molar-refractivity contribution in [2.24, 2.45) is 16.7 Å². The van der Waals surface area contributed by atoms with Gasteiger partial charge < -0.3 is 44.3 Å². The molecule has 1 heterocycles. The van der Waals surface area contributed by atoms with E-state index in [1.54, 1.807) is 119 Å². The average Bonchev–Trinajstić information content (AvgIpc) is 3.21. The minimum atomic E-state index is -2.21. The Labute approximate surface area is 421 Å². The fraction of sp³-hybridized carbons (Fsp3) is 0.467. The number of Topliss-reactive ketones (excluding diaryl/α,β-unsaturated/α-hetero) is 1. The van der Waals surface area contributed by atoms with E-state index in [9.17, 15) is 29.7 Å². The van der Waals surface area contributed by atoms with E-state index >= 15 is 4.79 Å². The number of fused-ring (bicyclic) bond motifs is 5. The van der Waals surface area contributed by atoms with E-state index in [1.165, 1.54) is 14.2 Å². The summed E-state index contributed by atoms with van der Waals surface area (Å²) < 4.78 is 30.1. The number of aliphatic hydroxyl groups is 3. The molecule has 15 heteroatoms. The van der Waals surface area contributed by atoms with Gasteiger partial charge in [-0.2, -0.15) is 0 Å². The molecule has 7 rings (SSSR count).